The van der Waals surface area contributed by atoms with Crippen LogP contribution < -0.4 is 0 Å². The Kier molecular flexibility index (Phi) is 3.29. The van der Waals surface area contributed by atoms with Crippen molar-refractivity contribution in [1.82, 2.24) is 0 Å². The molecule has 1 unspecified atom stereocenters. The molecule has 0 aromatic rings. The summed E-state index contributed by atoms with van der Waals surface area (Å²) in [5.74, 6) is 0. The zero-order valence-corrected chi connectivity index (χ0v) is 4.48. The van der Waals surface area contributed by atoms with Crippen molar-refractivity contribution >= 4 is 8.46 Å². The van der Waals surface area contributed by atoms with Crippen LogP contribution in [-0.2, 0) is 4.57 Å². The standard InChI is InChI=1S/C3H7O2P/c1-3(4)2-6-5/h3-4H,2H2,1H3. The molecular weight excluding hydrogens is 99.0 g/mol. The van der Waals surface area contributed by atoms with Crippen LogP contribution in [0, 0.1) is 0 Å². The molecule has 0 aromatic heterocycles. The van der Waals surface area contributed by atoms with Crippen molar-refractivity contribution in [3.05, 3.63) is 0 Å². The maximum absolute atomic E-state index is 9.55. The maximum Gasteiger partial charge on any atom is 0.157 e. The number of rotatable bonds is 2. The van der Waals surface area contributed by atoms with Crippen molar-refractivity contribution in [2.75, 3.05) is 6.16 Å². The lowest BCUT2D eigenvalue weighted by molar-refractivity contribution is 0.219. The summed E-state index contributed by atoms with van der Waals surface area (Å²) in [6.07, 6.45) is -0.0795. The van der Waals surface area contributed by atoms with Crippen molar-refractivity contribution in [1.29, 1.82) is 0 Å². The van der Waals surface area contributed by atoms with Gasteiger partial charge in [-0.25, -0.2) is 0 Å². The van der Waals surface area contributed by atoms with Crippen LogP contribution in [-0.4, -0.2) is 17.4 Å². The molecule has 0 saturated heterocycles. The van der Waals surface area contributed by atoms with E-state index in [1.165, 1.54) is 0 Å². The minimum Gasteiger partial charge on any atom is -0.393 e. The highest BCUT2D eigenvalue weighted by Crippen LogP contribution is 1.92. The maximum atomic E-state index is 9.55. The third kappa shape index (κ3) is 4.06. The van der Waals surface area contributed by atoms with E-state index < -0.39 is 6.10 Å². The lowest BCUT2D eigenvalue weighted by atomic mass is 10.5. The molecule has 0 rings (SSSR count). The summed E-state index contributed by atoms with van der Waals surface area (Å²) >= 11 is 0. The van der Waals surface area contributed by atoms with Gasteiger partial charge in [-0.3, -0.25) is 4.57 Å². The van der Waals surface area contributed by atoms with Crippen LogP contribution >= 0.6 is 8.46 Å². The summed E-state index contributed by atoms with van der Waals surface area (Å²) in [5.41, 5.74) is 0. The average Bonchev–Trinajstić information content (AvgIpc) is 1.35. The van der Waals surface area contributed by atoms with E-state index in [-0.39, 0.29) is 8.46 Å². The normalized spacial score (nSPS) is 15.0. The molecule has 0 aromatic carbocycles. The Morgan fingerprint density at radius 2 is 2.50 bits per heavy atom. The van der Waals surface area contributed by atoms with Crippen molar-refractivity contribution < 1.29 is 9.67 Å². The molecule has 36 valence electrons. The Labute approximate surface area is 38.4 Å². The van der Waals surface area contributed by atoms with E-state index in [4.69, 9.17) is 5.11 Å². The highest BCUT2D eigenvalue weighted by molar-refractivity contribution is 7.23. The summed E-state index contributed by atoms with van der Waals surface area (Å²) in [4.78, 5) is 0. The number of hydrogen-bond donors (Lipinski definition) is 1. The third-order valence-electron chi connectivity index (χ3n) is 0.339. The Balaban J connectivity index is 2.81. The number of aliphatic hydroxyl groups excluding tert-OH is 1. The summed E-state index contributed by atoms with van der Waals surface area (Å²) in [6.45, 7) is 1.60. The molecule has 0 aliphatic rings. The quantitative estimate of drug-likeness (QED) is 0.525. The van der Waals surface area contributed by atoms with E-state index in [9.17, 15) is 4.57 Å². The molecule has 0 bridgehead atoms. The van der Waals surface area contributed by atoms with Crippen LogP contribution in [0.3, 0.4) is 0 Å². The molecule has 0 fully saturated rings. The molecule has 3 heteroatoms. The Morgan fingerprint density at radius 3 is 2.50 bits per heavy atom. The second-order valence-corrected chi connectivity index (χ2v) is 1.78. The third-order valence-corrected chi connectivity index (χ3v) is 1.02. The second-order valence-electron chi connectivity index (χ2n) is 1.16. The molecule has 0 amide bonds. The van der Waals surface area contributed by atoms with Gasteiger partial charge in [0.25, 0.3) is 0 Å². The van der Waals surface area contributed by atoms with Gasteiger partial charge in [0.05, 0.1) is 12.3 Å². The van der Waals surface area contributed by atoms with Crippen LogP contribution in [0.5, 0.6) is 0 Å². The van der Waals surface area contributed by atoms with Crippen molar-refractivity contribution in [3.8, 4) is 0 Å². The average molecular weight is 106 g/mol. The molecule has 0 radical (unpaired) electrons. The van der Waals surface area contributed by atoms with Gasteiger partial charge in [-0.15, -0.1) is 0 Å². The summed E-state index contributed by atoms with van der Waals surface area (Å²) in [5, 5.41) is 8.35. The van der Waals surface area contributed by atoms with Gasteiger partial charge in [0.1, 0.15) is 0 Å². The van der Waals surface area contributed by atoms with Gasteiger partial charge in [0.2, 0.25) is 0 Å². The fourth-order valence-corrected chi connectivity index (χ4v) is 0.324. The minimum absolute atomic E-state index is 0.0239. The van der Waals surface area contributed by atoms with E-state index in [0.29, 0.717) is 6.16 Å². The predicted molar refractivity (Wildman–Crippen MR) is 24.2 cm³/mol. The molecule has 0 aliphatic heterocycles. The summed E-state index contributed by atoms with van der Waals surface area (Å²) in [7, 11) is 0.0239. The Bertz CT molecular complexity index is 44.1. The topological polar surface area (TPSA) is 37.3 Å². The van der Waals surface area contributed by atoms with Crippen molar-refractivity contribution in [2.24, 2.45) is 0 Å². The van der Waals surface area contributed by atoms with E-state index in [0.717, 1.165) is 0 Å². The molecule has 1 atom stereocenters. The first-order valence-corrected chi connectivity index (χ1v) is 2.74. The van der Waals surface area contributed by atoms with Crippen LogP contribution in [0.1, 0.15) is 6.92 Å². The molecule has 0 saturated carbocycles. The summed E-state index contributed by atoms with van der Waals surface area (Å²) in [6, 6.07) is 0. The van der Waals surface area contributed by atoms with E-state index in [2.05, 4.69) is 0 Å². The fourth-order valence-electron chi connectivity index (χ4n) is 0.108. The zero-order valence-electron chi connectivity index (χ0n) is 3.59. The van der Waals surface area contributed by atoms with Crippen molar-refractivity contribution in [2.45, 2.75) is 13.0 Å². The molecular formula is C3H7O2P. The number of hydrogen-bond acceptors (Lipinski definition) is 2. The van der Waals surface area contributed by atoms with Gasteiger partial charge in [0, 0.05) is 0 Å². The zero-order chi connectivity index (χ0) is 4.99. The summed E-state index contributed by atoms with van der Waals surface area (Å²) < 4.78 is 9.55. The monoisotopic (exact) mass is 106 g/mol. The van der Waals surface area contributed by atoms with Crippen LogP contribution in [0.25, 0.3) is 0 Å². The van der Waals surface area contributed by atoms with Gasteiger partial charge in [-0.05, 0) is 6.92 Å². The van der Waals surface area contributed by atoms with E-state index in [1.54, 1.807) is 6.92 Å². The highest BCUT2D eigenvalue weighted by Gasteiger charge is 1.89. The van der Waals surface area contributed by atoms with Gasteiger partial charge in [-0.2, -0.15) is 0 Å². The van der Waals surface area contributed by atoms with Gasteiger partial charge < -0.3 is 5.11 Å². The molecule has 0 aliphatic carbocycles. The molecule has 2 nitrogen and oxygen atoms in total. The van der Waals surface area contributed by atoms with Crippen LogP contribution in [0.4, 0.5) is 0 Å². The lowest BCUT2D eigenvalue weighted by Crippen LogP contribution is -1.98. The van der Waals surface area contributed by atoms with E-state index in [1.807, 2.05) is 0 Å². The Morgan fingerprint density at radius 1 is 2.00 bits per heavy atom. The fraction of sp³-hybridized carbons (Fsp3) is 1.00. The van der Waals surface area contributed by atoms with E-state index >= 15 is 0 Å². The molecule has 6 heavy (non-hydrogen) atoms. The smallest absolute Gasteiger partial charge is 0.157 e. The second kappa shape index (κ2) is 3.26. The largest absolute Gasteiger partial charge is 0.393 e. The first-order chi connectivity index (χ1) is 2.77. The first-order valence-electron chi connectivity index (χ1n) is 1.74. The lowest BCUT2D eigenvalue weighted by Gasteiger charge is -1.88. The predicted octanol–water partition coefficient (Wildman–Crippen LogP) is 0.659. The van der Waals surface area contributed by atoms with Crippen LogP contribution in [0.2, 0.25) is 0 Å². The van der Waals surface area contributed by atoms with Gasteiger partial charge >= 0.3 is 0 Å². The Hall–Kier alpha value is 0.0600. The molecule has 1 N–H and O–H groups in total. The van der Waals surface area contributed by atoms with Gasteiger partial charge in [0.15, 0.2) is 8.46 Å². The SMILES string of the molecule is CC(O)CP=O. The van der Waals surface area contributed by atoms with Crippen molar-refractivity contribution in [3.63, 3.8) is 0 Å². The highest BCUT2D eigenvalue weighted by atomic mass is 31.1. The van der Waals surface area contributed by atoms with Gasteiger partial charge in [-0.1, -0.05) is 0 Å². The molecule has 0 spiro atoms. The van der Waals surface area contributed by atoms with Crippen LogP contribution in [0.15, 0.2) is 0 Å². The number of aliphatic hydroxyl groups is 1. The molecule has 0 heterocycles. The minimum atomic E-state index is -0.427. The first kappa shape index (κ1) is 6.06.